The van der Waals surface area contributed by atoms with Gasteiger partial charge in [-0.25, -0.2) is 0 Å². The summed E-state index contributed by atoms with van der Waals surface area (Å²) in [6, 6.07) is 7.72. The van der Waals surface area contributed by atoms with Crippen molar-refractivity contribution in [3.8, 4) is 0 Å². The lowest BCUT2D eigenvalue weighted by atomic mass is 10.2. The van der Waals surface area contributed by atoms with Crippen molar-refractivity contribution in [3.05, 3.63) is 47.1 Å². The second-order valence-electron chi connectivity index (χ2n) is 3.72. The minimum atomic E-state index is -1.64. The molecule has 0 aliphatic carbocycles. The van der Waals surface area contributed by atoms with E-state index in [1.54, 1.807) is 0 Å². The molecule has 1 aromatic rings. The molecule has 3 heteroatoms. The quantitative estimate of drug-likeness (QED) is 0.710. The Labute approximate surface area is 91.5 Å². The first kappa shape index (κ1) is 11.5. The highest BCUT2D eigenvalue weighted by molar-refractivity contribution is 6.76. The van der Waals surface area contributed by atoms with Crippen molar-refractivity contribution in [2.45, 2.75) is 19.7 Å². The van der Waals surface area contributed by atoms with Crippen LogP contribution in [-0.4, -0.2) is 8.32 Å². The van der Waals surface area contributed by atoms with E-state index >= 15 is 0 Å². The monoisotopic (exact) mass is 226 g/mol. The van der Waals surface area contributed by atoms with Crippen LogP contribution in [0, 0.1) is 0 Å². The Morgan fingerprint density at radius 3 is 2.43 bits per heavy atom. The number of benzene rings is 1. The van der Waals surface area contributed by atoms with E-state index in [2.05, 4.69) is 19.7 Å². The molecule has 0 aliphatic rings. The molecule has 0 spiro atoms. The lowest BCUT2D eigenvalue weighted by Gasteiger charge is -2.18. The van der Waals surface area contributed by atoms with Gasteiger partial charge in [-0.1, -0.05) is 29.4 Å². The van der Waals surface area contributed by atoms with E-state index in [1.807, 2.05) is 30.0 Å². The Kier molecular flexibility index (Phi) is 3.93. The standard InChI is InChI=1S/C11H15ClOSi/c1-4-14(2,3)13-9-10-5-7-11(12)8-6-10/h4-8H,1,9H2,2-3H3. The van der Waals surface area contributed by atoms with Crippen molar-refractivity contribution in [1.82, 2.24) is 0 Å². The van der Waals surface area contributed by atoms with Gasteiger partial charge in [0.1, 0.15) is 0 Å². The van der Waals surface area contributed by atoms with Gasteiger partial charge >= 0.3 is 0 Å². The summed E-state index contributed by atoms with van der Waals surface area (Å²) < 4.78 is 5.78. The summed E-state index contributed by atoms with van der Waals surface area (Å²) in [5.74, 6) is 0. The highest BCUT2D eigenvalue weighted by Crippen LogP contribution is 2.13. The molecule has 1 aromatic carbocycles. The van der Waals surface area contributed by atoms with Crippen LogP contribution >= 0.6 is 11.6 Å². The van der Waals surface area contributed by atoms with Crippen LogP contribution in [-0.2, 0) is 11.0 Å². The van der Waals surface area contributed by atoms with E-state index in [-0.39, 0.29) is 0 Å². The van der Waals surface area contributed by atoms with Crippen LogP contribution in [0.25, 0.3) is 0 Å². The van der Waals surface area contributed by atoms with Gasteiger partial charge in [-0.15, -0.1) is 6.58 Å². The van der Waals surface area contributed by atoms with Crippen LogP contribution in [0.15, 0.2) is 36.5 Å². The van der Waals surface area contributed by atoms with Gasteiger partial charge in [0, 0.05) is 5.02 Å². The Morgan fingerprint density at radius 1 is 1.36 bits per heavy atom. The van der Waals surface area contributed by atoms with Crippen molar-refractivity contribution in [2.24, 2.45) is 0 Å². The summed E-state index contributed by atoms with van der Waals surface area (Å²) in [5.41, 5.74) is 3.08. The molecule has 1 nitrogen and oxygen atoms in total. The molecule has 76 valence electrons. The van der Waals surface area contributed by atoms with E-state index in [9.17, 15) is 0 Å². The summed E-state index contributed by atoms with van der Waals surface area (Å²) in [5, 5.41) is 0.758. The fourth-order valence-corrected chi connectivity index (χ4v) is 1.69. The predicted molar refractivity (Wildman–Crippen MR) is 63.9 cm³/mol. The molecule has 0 aromatic heterocycles. The summed E-state index contributed by atoms with van der Waals surface area (Å²) in [6.45, 7) is 8.66. The summed E-state index contributed by atoms with van der Waals surface area (Å²) in [4.78, 5) is 0. The van der Waals surface area contributed by atoms with E-state index in [4.69, 9.17) is 16.0 Å². The molecule has 0 saturated carbocycles. The molecule has 0 heterocycles. The average molecular weight is 227 g/mol. The molecular formula is C11H15ClOSi. The maximum absolute atomic E-state index is 5.78. The number of hydrogen-bond acceptors (Lipinski definition) is 1. The SMILES string of the molecule is C=C[Si](C)(C)OCc1ccc(Cl)cc1. The smallest absolute Gasteiger partial charge is 0.210 e. The zero-order chi connectivity index (χ0) is 10.6. The van der Waals surface area contributed by atoms with Crippen LogP contribution in [0.1, 0.15) is 5.56 Å². The fourth-order valence-electron chi connectivity index (χ4n) is 0.909. The Hall–Kier alpha value is -0.573. The lowest BCUT2D eigenvalue weighted by molar-refractivity contribution is 0.303. The predicted octanol–water partition coefficient (Wildman–Crippen LogP) is 3.79. The van der Waals surface area contributed by atoms with Gasteiger partial charge in [0.05, 0.1) is 6.61 Å². The molecule has 0 unspecified atom stereocenters. The first-order chi connectivity index (χ1) is 6.53. The maximum atomic E-state index is 5.78. The number of hydrogen-bond donors (Lipinski definition) is 0. The highest BCUT2D eigenvalue weighted by Gasteiger charge is 2.16. The second-order valence-corrected chi connectivity index (χ2v) is 8.06. The molecule has 0 fully saturated rings. The minimum absolute atomic E-state index is 0.641. The third-order valence-corrected chi connectivity index (χ3v) is 4.14. The summed E-state index contributed by atoms with van der Waals surface area (Å²) >= 11 is 5.78. The van der Waals surface area contributed by atoms with Crippen molar-refractivity contribution in [2.75, 3.05) is 0 Å². The molecule has 14 heavy (non-hydrogen) atoms. The van der Waals surface area contributed by atoms with E-state index in [0.29, 0.717) is 6.61 Å². The molecule has 0 atom stereocenters. The molecule has 0 radical (unpaired) electrons. The van der Waals surface area contributed by atoms with Crippen molar-refractivity contribution in [3.63, 3.8) is 0 Å². The first-order valence-electron chi connectivity index (χ1n) is 4.55. The van der Waals surface area contributed by atoms with Gasteiger partial charge in [-0.3, -0.25) is 0 Å². The Morgan fingerprint density at radius 2 is 1.93 bits per heavy atom. The zero-order valence-corrected chi connectivity index (χ0v) is 10.3. The fraction of sp³-hybridized carbons (Fsp3) is 0.273. The van der Waals surface area contributed by atoms with Crippen LogP contribution in [0.2, 0.25) is 18.1 Å². The molecule has 0 N–H and O–H groups in total. The normalized spacial score (nSPS) is 11.4. The third-order valence-electron chi connectivity index (χ3n) is 2.02. The largest absolute Gasteiger partial charge is 0.409 e. The molecule has 0 bridgehead atoms. The van der Waals surface area contributed by atoms with Gasteiger partial charge in [-0.2, -0.15) is 0 Å². The summed E-state index contributed by atoms with van der Waals surface area (Å²) in [7, 11) is -1.64. The van der Waals surface area contributed by atoms with Crippen molar-refractivity contribution < 1.29 is 4.43 Å². The van der Waals surface area contributed by atoms with Gasteiger partial charge < -0.3 is 4.43 Å². The maximum Gasteiger partial charge on any atom is 0.210 e. The minimum Gasteiger partial charge on any atom is -0.409 e. The van der Waals surface area contributed by atoms with Crippen LogP contribution in [0.4, 0.5) is 0 Å². The molecule has 0 amide bonds. The molecule has 0 aliphatic heterocycles. The van der Waals surface area contributed by atoms with Gasteiger partial charge in [0.2, 0.25) is 8.32 Å². The Balaban J connectivity index is 2.54. The first-order valence-corrected chi connectivity index (χ1v) is 7.92. The van der Waals surface area contributed by atoms with Crippen LogP contribution < -0.4 is 0 Å². The number of halogens is 1. The van der Waals surface area contributed by atoms with E-state index < -0.39 is 8.32 Å². The van der Waals surface area contributed by atoms with Crippen molar-refractivity contribution >= 4 is 19.9 Å². The number of rotatable bonds is 4. The zero-order valence-electron chi connectivity index (χ0n) is 8.59. The van der Waals surface area contributed by atoms with E-state index in [1.165, 1.54) is 0 Å². The second kappa shape index (κ2) is 4.78. The van der Waals surface area contributed by atoms with Crippen LogP contribution in [0.3, 0.4) is 0 Å². The molecule has 1 rings (SSSR count). The molecular weight excluding hydrogens is 212 g/mol. The third kappa shape index (κ3) is 3.66. The highest BCUT2D eigenvalue weighted by atomic mass is 35.5. The van der Waals surface area contributed by atoms with Gasteiger partial charge in [0.15, 0.2) is 0 Å². The topological polar surface area (TPSA) is 9.23 Å². The average Bonchev–Trinajstić information content (AvgIpc) is 2.17. The Bertz CT molecular complexity index is 306. The van der Waals surface area contributed by atoms with Gasteiger partial charge in [0.25, 0.3) is 0 Å². The van der Waals surface area contributed by atoms with Crippen LogP contribution in [0.5, 0.6) is 0 Å². The molecule has 0 saturated heterocycles. The van der Waals surface area contributed by atoms with Crippen molar-refractivity contribution in [1.29, 1.82) is 0 Å². The van der Waals surface area contributed by atoms with E-state index in [0.717, 1.165) is 10.6 Å². The van der Waals surface area contributed by atoms with Gasteiger partial charge in [-0.05, 0) is 30.8 Å². The lowest BCUT2D eigenvalue weighted by Crippen LogP contribution is -2.27. The summed E-state index contributed by atoms with van der Waals surface area (Å²) in [6.07, 6.45) is 0.